The summed E-state index contributed by atoms with van der Waals surface area (Å²) in [5.74, 6) is 0.455. The number of para-hydroxylation sites is 2. The first-order valence-electron chi connectivity index (χ1n) is 15.8. The molecule has 1 fully saturated rings. The van der Waals surface area contributed by atoms with Crippen molar-refractivity contribution in [1.29, 1.82) is 0 Å². The number of rotatable bonds is 9. The van der Waals surface area contributed by atoms with Crippen LogP contribution < -0.4 is 22.5 Å². The molecule has 234 valence electrons. The van der Waals surface area contributed by atoms with Crippen LogP contribution in [-0.4, -0.2) is 49.4 Å². The van der Waals surface area contributed by atoms with Gasteiger partial charge in [0, 0.05) is 68.7 Å². The molecular formula is C36H39N9O. The third-order valence-corrected chi connectivity index (χ3v) is 8.96. The Morgan fingerprint density at radius 2 is 1.74 bits per heavy atom. The molecule has 6 N–H and O–H groups in total. The number of anilines is 1. The summed E-state index contributed by atoms with van der Waals surface area (Å²) in [5, 5.41) is 8.42. The van der Waals surface area contributed by atoms with Gasteiger partial charge in [0.15, 0.2) is 11.5 Å². The molecule has 0 spiro atoms. The summed E-state index contributed by atoms with van der Waals surface area (Å²) in [7, 11) is 1.83. The Labute approximate surface area is 267 Å². The summed E-state index contributed by atoms with van der Waals surface area (Å²) >= 11 is 0. The lowest BCUT2D eigenvalue weighted by atomic mass is 9.97. The number of H-pyrrole nitrogens is 1. The summed E-state index contributed by atoms with van der Waals surface area (Å²) in [4.78, 5) is 23.4. The number of aromatic nitrogens is 5. The molecule has 3 aromatic carbocycles. The lowest BCUT2D eigenvalue weighted by molar-refractivity contribution is 0.180. The van der Waals surface area contributed by atoms with Gasteiger partial charge in [-0.3, -0.25) is 9.47 Å². The summed E-state index contributed by atoms with van der Waals surface area (Å²) in [6, 6.07) is 29.2. The topological polar surface area (TPSA) is 136 Å². The fourth-order valence-corrected chi connectivity index (χ4v) is 6.63. The normalized spacial score (nSPS) is 14.8. The largest absolute Gasteiger partial charge is 0.401 e. The number of nitrogens with two attached hydrogens (primary N) is 2. The van der Waals surface area contributed by atoms with Crippen LogP contribution in [0, 0.1) is 0 Å². The summed E-state index contributed by atoms with van der Waals surface area (Å²) in [6.07, 6.45) is 4.30. The van der Waals surface area contributed by atoms with Crippen LogP contribution in [0.5, 0.6) is 0 Å². The fraction of sp³-hybridized carbons (Fsp3) is 0.250. The third-order valence-electron chi connectivity index (χ3n) is 8.96. The second kappa shape index (κ2) is 12.6. The molecule has 4 heterocycles. The summed E-state index contributed by atoms with van der Waals surface area (Å²) < 4.78 is 3.80. The molecule has 0 saturated carbocycles. The number of imidazole rings is 1. The van der Waals surface area contributed by atoms with Crippen LogP contribution in [-0.2, 0) is 13.1 Å². The van der Waals surface area contributed by atoms with E-state index in [0.29, 0.717) is 18.8 Å². The number of hydrogen-bond donors (Lipinski definition) is 4. The Bertz CT molecular complexity index is 2060. The molecule has 10 heteroatoms. The number of nitrogens with zero attached hydrogens (tertiary/aromatic N) is 5. The van der Waals surface area contributed by atoms with Crippen molar-refractivity contribution in [3.8, 4) is 22.4 Å². The van der Waals surface area contributed by atoms with Crippen molar-refractivity contribution in [3.05, 3.63) is 113 Å². The highest BCUT2D eigenvalue weighted by Gasteiger charge is 2.24. The number of aromatic amines is 1. The minimum absolute atomic E-state index is 0.0163. The van der Waals surface area contributed by atoms with Gasteiger partial charge in [0.05, 0.1) is 22.1 Å². The minimum atomic E-state index is -0.0163. The average Bonchev–Trinajstić information content (AvgIpc) is 3.59. The Kier molecular flexibility index (Phi) is 8.02. The van der Waals surface area contributed by atoms with Crippen molar-refractivity contribution in [3.63, 3.8) is 0 Å². The molecule has 7 rings (SSSR count). The number of nitrogen functional groups attached to an aromatic ring is 1. The van der Waals surface area contributed by atoms with Crippen LogP contribution in [0.15, 0.2) is 102 Å². The zero-order valence-electron chi connectivity index (χ0n) is 26.0. The number of fused-ring (bicyclic) bond motifs is 2. The lowest BCUT2D eigenvalue weighted by Crippen LogP contribution is -2.36. The molecule has 1 aliphatic rings. The van der Waals surface area contributed by atoms with Crippen LogP contribution in [0.3, 0.4) is 0 Å². The average molecular weight is 614 g/mol. The molecule has 0 unspecified atom stereocenters. The first-order valence-corrected chi connectivity index (χ1v) is 15.8. The Balaban J connectivity index is 1.12. The maximum absolute atomic E-state index is 12.7. The number of benzene rings is 3. The van der Waals surface area contributed by atoms with E-state index in [1.54, 1.807) is 6.20 Å². The molecule has 10 nitrogen and oxygen atoms in total. The van der Waals surface area contributed by atoms with Crippen LogP contribution in [0.25, 0.3) is 44.5 Å². The van der Waals surface area contributed by atoms with Gasteiger partial charge >= 0.3 is 5.69 Å². The molecule has 0 bridgehead atoms. The van der Waals surface area contributed by atoms with Crippen LogP contribution in [0.2, 0.25) is 0 Å². The van der Waals surface area contributed by atoms with E-state index in [9.17, 15) is 4.79 Å². The van der Waals surface area contributed by atoms with Crippen molar-refractivity contribution in [2.45, 2.75) is 38.4 Å². The zero-order valence-corrected chi connectivity index (χ0v) is 26.0. The second-order valence-electron chi connectivity index (χ2n) is 12.0. The zero-order chi connectivity index (χ0) is 31.6. The van der Waals surface area contributed by atoms with Crippen LogP contribution >= 0.6 is 0 Å². The second-order valence-corrected chi connectivity index (χ2v) is 12.0. The Morgan fingerprint density at radius 1 is 1.00 bits per heavy atom. The molecule has 0 atom stereocenters. The molecule has 1 aliphatic heterocycles. The number of likely N-dealkylation sites (tertiary alicyclic amines) is 1. The van der Waals surface area contributed by atoms with Gasteiger partial charge in [-0.2, -0.15) is 5.10 Å². The fourth-order valence-electron chi connectivity index (χ4n) is 6.63. The van der Waals surface area contributed by atoms with Crippen molar-refractivity contribution in [2.24, 2.45) is 5.73 Å². The van der Waals surface area contributed by atoms with Gasteiger partial charge in [-0.05, 0) is 42.2 Å². The highest BCUT2D eigenvalue weighted by atomic mass is 16.1. The lowest BCUT2D eigenvalue weighted by Gasteiger charge is -2.32. The molecule has 0 aliphatic carbocycles. The molecule has 6 aromatic rings. The van der Waals surface area contributed by atoms with Gasteiger partial charge in [-0.1, -0.05) is 66.7 Å². The number of allylic oxidation sites excluding steroid dienone is 1. The predicted octanol–water partition coefficient (Wildman–Crippen LogP) is 5.24. The monoisotopic (exact) mass is 613 g/mol. The van der Waals surface area contributed by atoms with Crippen LogP contribution in [0.4, 0.5) is 5.82 Å². The maximum Gasteiger partial charge on any atom is 0.326 e. The van der Waals surface area contributed by atoms with Gasteiger partial charge in [-0.25, -0.2) is 14.5 Å². The first-order chi connectivity index (χ1) is 22.5. The van der Waals surface area contributed by atoms with E-state index in [1.807, 2.05) is 58.8 Å². The van der Waals surface area contributed by atoms with Gasteiger partial charge in [-0.15, -0.1) is 0 Å². The van der Waals surface area contributed by atoms with Crippen molar-refractivity contribution < 1.29 is 0 Å². The summed E-state index contributed by atoms with van der Waals surface area (Å²) in [5.41, 5.74) is 21.1. The van der Waals surface area contributed by atoms with E-state index >= 15 is 0 Å². The molecule has 0 radical (unpaired) electrons. The van der Waals surface area contributed by atoms with Gasteiger partial charge < -0.3 is 21.8 Å². The standard InChI is InChI=1S/C36H39N9O/c1-39-22-27(37)15-20-44-35-30(34(38)42-44)21-29(25-7-3-2-4-8-25)33(41-35)26-13-11-24(12-14-26)23-43-18-16-28(17-19-43)45-32-10-6-5-9-31(32)40-36(45)46/h2-14,21-22,28,39H,15-20,23,37H2,1H3,(H2,38,42)(H,40,46)/b27-22-. The van der Waals surface area contributed by atoms with Gasteiger partial charge in [0.2, 0.25) is 0 Å². The number of hydrogen-bond acceptors (Lipinski definition) is 7. The quantitative estimate of drug-likeness (QED) is 0.175. The van der Waals surface area contributed by atoms with Crippen molar-refractivity contribution in [1.82, 2.24) is 34.5 Å². The van der Waals surface area contributed by atoms with E-state index in [0.717, 1.165) is 82.6 Å². The van der Waals surface area contributed by atoms with E-state index in [-0.39, 0.29) is 11.7 Å². The molecule has 1 saturated heterocycles. The third kappa shape index (κ3) is 5.75. The SMILES string of the molecule is CN/C=C(\N)CCn1nc(N)c2cc(-c3ccccc3)c(-c3ccc(CN4CCC(n5c(=O)[nH]c6ccccc65)CC4)cc3)nc21. The first kappa shape index (κ1) is 29.4. The molecular weight excluding hydrogens is 574 g/mol. The highest BCUT2D eigenvalue weighted by Crippen LogP contribution is 2.35. The van der Waals surface area contributed by atoms with Crippen molar-refractivity contribution >= 4 is 27.9 Å². The van der Waals surface area contributed by atoms with Crippen molar-refractivity contribution in [2.75, 3.05) is 25.9 Å². The minimum Gasteiger partial charge on any atom is -0.401 e. The molecule has 46 heavy (non-hydrogen) atoms. The van der Waals surface area contributed by atoms with E-state index in [4.69, 9.17) is 16.5 Å². The maximum atomic E-state index is 12.7. The Hall–Kier alpha value is -5.35. The van der Waals surface area contributed by atoms with E-state index in [2.05, 4.69) is 62.8 Å². The molecule has 0 amide bonds. The number of nitrogens with one attached hydrogen (secondary N) is 2. The highest BCUT2D eigenvalue weighted by molar-refractivity contribution is 5.95. The number of aryl methyl sites for hydroxylation is 1. The predicted molar refractivity (Wildman–Crippen MR) is 185 cm³/mol. The Morgan fingerprint density at radius 3 is 2.50 bits per heavy atom. The van der Waals surface area contributed by atoms with E-state index in [1.165, 1.54) is 5.56 Å². The van der Waals surface area contributed by atoms with Crippen LogP contribution in [0.1, 0.15) is 30.9 Å². The number of piperidine rings is 1. The smallest absolute Gasteiger partial charge is 0.326 e. The van der Waals surface area contributed by atoms with Gasteiger partial charge in [0.25, 0.3) is 0 Å². The summed E-state index contributed by atoms with van der Waals surface area (Å²) in [6.45, 7) is 3.31. The van der Waals surface area contributed by atoms with E-state index < -0.39 is 0 Å². The van der Waals surface area contributed by atoms with Gasteiger partial charge in [0.1, 0.15) is 0 Å². The molecule has 3 aromatic heterocycles. The number of pyridine rings is 1.